The standard InChI is InChI=1S/C16H32N2O/c1-7-16(5,6)18-14(19)12(2)17-13-8-10-15(3,4)11-9-13/h12-13,17H,7-11H2,1-6H3,(H,18,19). The van der Waals surface area contributed by atoms with Gasteiger partial charge in [0.25, 0.3) is 0 Å². The van der Waals surface area contributed by atoms with Gasteiger partial charge in [-0.3, -0.25) is 4.79 Å². The summed E-state index contributed by atoms with van der Waals surface area (Å²) in [6, 6.07) is 0.399. The Morgan fingerprint density at radius 2 is 1.84 bits per heavy atom. The summed E-state index contributed by atoms with van der Waals surface area (Å²) in [6.45, 7) is 12.9. The van der Waals surface area contributed by atoms with Crippen LogP contribution in [0.3, 0.4) is 0 Å². The molecular weight excluding hydrogens is 236 g/mol. The van der Waals surface area contributed by atoms with Gasteiger partial charge in [-0.15, -0.1) is 0 Å². The van der Waals surface area contributed by atoms with Gasteiger partial charge >= 0.3 is 0 Å². The molecule has 1 saturated carbocycles. The third-order valence-electron chi connectivity index (χ3n) is 4.56. The molecule has 1 rings (SSSR count). The SMILES string of the molecule is CCC(C)(C)NC(=O)C(C)NC1CCC(C)(C)CC1. The Kier molecular flexibility index (Phi) is 5.43. The van der Waals surface area contributed by atoms with Crippen LogP contribution in [0.15, 0.2) is 0 Å². The predicted molar refractivity (Wildman–Crippen MR) is 81.1 cm³/mol. The van der Waals surface area contributed by atoms with Crippen molar-refractivity contribution in [2.24, 2.45) is 5.41 Å². The highest BCUT2D eigenvalue weighted by molar-refractivity contribution is 5.82. The molecule has 1 aliphatic carbocycles. The molecule has 0 spiro atoms. The van der Waals surface area contributed by atoms with E-state index in [0.717, 1.165) is 6.42 Å². The Morgan fingerprint density at radius 1 is 1.32 bits per heavy atom. The fourth-order valence-electron chi connectivity index (χ4n) is 2.53. The van der Waals surface area contributed by atoms with Crippen molar-refractivity contribution in [1.29, 1.82) is 0 Å². The van der Waals surface area contributed by atoms with Gasteiger partial charge in [0.05, 0.1) is 6.04 Å². The van der Waals surface area contributed by atoms with Crippen molar-refractivity contribution in [2.75, 3.05) is 0 Å². The molecule has 1 unspecified atom stereocenters. The third-order valence-corrected chi connectivity index (χ3v) is 4.56. The highest BCUT2D eigenvalue weighted by Crippen LogP contribution is 2.35. The molecule has 112 valence electrons. The Labute approximate surface area is 118 Å². The second-order valence-electron chi connectivity index (χ2n) is 7.55. The van der Waals surface area contributed by atoms with E-state index in [0.29, 0.717) is 11.5 Å². The molecule has 0 heterocycles. The Bertz CT molecular complexity index is 300. The molecule has 0 aromatic carbocycles. The zero-order valence-corrected chi connectivity index (χ0v) is 13.6. The molecule has 0 radical (unpaired) electrons. The number of hydrogen-bond donors (Lipinski definition) is 2. The topological polar surface area (TPSA) is 41.1 Å². The van der Waals surface area contributed by atoms with Crippen molar-refractivity contribution in [3.05, 3.63) is 0 Å². The van der Waals surface area contributed by atoms with Crippen molar-refractivity contribution in [3.8, 4) is 0 Å². The molecule has 0 aliphatic heterocycles. The lowest BCUT2D eigenvalue weighted by molar-refractivity contribution is -0.124. The summed E-state index contributed by atoms with van der Waals surface area (Å²) in [4.78, 5) is 12.1. The Balaban J connectivity index is 2.39. The van der Waals surface area contributed by atoms with Gasteiger partial charge in [0.15, 0.2) is 0 Å². The summed E-state index contributed by atoms with van der Waals surface area (Å²) in [5, 5.41) is 6.60. The summed E-state index contributed by atoms with van der Waals surface area (Å²) < 4.78 is 0. The first-order valence-corrected chi connectivity index (χ1v) is 7.73. The zero-order valence-electron chi connectivity index (χ0n) is 13.6. The predicted octanol–water partition coefficient (Wildman–Crippen LogP) is 3.24. The largest absolute Gasteiger partial charge is 0.350 e. The number of rotatable bonds is 5. The van der Waals surface area contributed by atoms with Gasteiger partial charge < -0.3 is 10.6 Å². The number of carbonyl (C=O) groups excluding carboxylic acids is 1. The first-order valence-electron chi connectivity index (χ1n) is 7.73. The van der Waals surface area contributed by atoms with E-state index in [-0.39, 0.29) is 17.5 Å². The minimum absolute atomic E-state index is 0.1000. The number of carbonyl (C=O) groups is 1. The monoisotopic (exact) mass is 268 g/mol. The highest BCUT2D eigenvalue weighted by Gasteiger charge is 2.29. The maximum Gasteiger partial charge on any atom is 0.237 e. The Hall–Kier alpha value is -0.570. The summed E-state index contributed by atoms with van der Waals surface area (Å²) in [5.41, 5.74) is 0.370. The molecule has 0 aromatic heterocycles. The van der Waals surface area contributed by atoms with Crippen LogP contribution in [0.1, 0.15) is 73.6 Å². The van der Waals surface area contributed by atoms with Crippen LogP contribution in [0.5, 0.6) is 0 Å². The van der Waals surface area contributed by atoms with Crippen LogP contribution in [0.25, 0.3) is 0 Å². The van der Waals surface area contributed by atoms with Crippen molar-refractivity contribution in [2.45, 2.75) is 91.3 Å². The fourth-order valence-corrected chi connectivity index (χ4v) is 2.53. The van der Waals surface area contributed by atoms with Gasteiger partial charge in [-0.2, -0.15) is 0 Å². The second kappa shape index (κ2) is 6.25. The van der Waals surface area contributed by atoms with E-state index < -0.39 is 0 Å². The van der Waals surface area contributed by atoms with Crippen molar-refractivity contribution >= 4 is 5.91 Å². The minimum Gasteiger partial charge on any atom is -0.350 e. The molecule has 1 fully saturated rings. The van der Waals surface area contributed by atoms with E-state index in [2.05, 4.69) is 45.3 Å². The highest BCUT2D eigenvalue weighted by atomic mass is 16.2. The lowest BCUT2D eigenvalue weighted by atomic mass is 9.75. The molecule has 3 nitrogen and oxygen atoms in total. The van der Waals surface area contributed by atoms with E-state index in [4.69, 9.17) is 0 Å². The van der Waals surface area contributed by atoms with E-state index in [9.17, 15) is 4.79 Å². The first kappa shape index (κ1) is 16.5. The third kappa shape index (κ3) is 5.52. The van der Waals surface area contributed by atoms with Crippen LogP contribution in [0.4, 0.5) is 0 Å². The van der Waals surface area contributed by atoms with Crippen LogP contribution in [-0.4, -0.2) is 23.5 Å². The molecule has 0 saturated heterocycles. The van der Waals surface area contributed by atoms with E-state index in [1.807, 2.05) is 6.92 Å². The fraction of sp³-hybridized carbons (Fsp3) is 0.938. The number of amides is 1. The van der Waals surface area contributed by atoms with Crippen molar-refractivity contribution in [3.63, 3.8) is 0 Å². The summed E-state index contributed by atoms with van der Waals surface area (Å²) in [7, 11) is 0. The average molecular weight is 268 g/mol. The maximum atomic E-state index is 12.1. The normalized spacial score (nSPS) is 22.0. The first-order chi connectivity index (χ1) is 8.65. The van der Waals surface area contributed by atoms with Gasteiger partial charge in [-0.1, -0.05) is 20.8 Å². The van der Waals surface area contributed by atoms with E-state index in [1.165, 1.54) is 25.7 Å². The smallest absolute Gasteiger partial charge is 0.237 e. The zero-order chi connectivity index (χ0) is 14.7. The van der Waals surface area contributed by atoms with Crippen LogP contribution >= 0.6 is 0 Å². The molecule has 0 bridgehead atoms. The van der Waals surface area contributed by atoms with Gasteiger partial charge in [0.1, 0.15) is 0 Å². The molecule has 1 aliphatic rings. The molecule has 19 heavy (non-hydrogen) atoms. The number of nitrogens with one attached hydrogen (secondary N) is 2. The second-order valence-corrected chi connectivity index (χ2v) is 7.55. The van der Waals surface area contributed by atoms with Crippen molar-refractivity contribution < 1.29 is 4.79 Å². The van der Waals surface area contributed by atoms with Crippen LogP contribution in [0.2, 0.25) is 0 Å². The summed E-state index contributed by atoms with van der Waals surface area (Å²) in [6.07, 6.45) is 5.81. The van der Waals surface area contributed by atoms with Gasteiger partial charge in [-0.05, 0) is 58.3 Å². The van der Waals surface area contributed by atoms with Crippen LogP contribution < -0.4 is 10.6 Å². The number of hydrogen-bond acceptors (Lipinski definition) is 2. The van der Waals surface area contributed by atoms with Crippen molar-refractivity contribution in [1.82, 2.24) is 10.6 Å². The molecule has 0 aromatic rings. The average Bonchev–Trinajstić information content (AvgIpc) is 2.31. The summed E-state index contributed by atoms with van der Waals surface area (Å²) >= 11 is 0. The van der Waals surface area contributed by atoms with Crippen LogP contribution in [0, 0.1) is 5.41 Å². The van der Waals surface area contributed by atoms with E-state index in [1.54, 1.807) is 0 Å². The minimum atomic E-state index is -0.110. The molecule has 2 N–H and O–H groups in total. The Morgan fingerprint density at radius 3 is 2.32 bits per heavy atom. The lowest BCUT2D eigenvalue weighted by Gasteiger charge is -2.36. The van der Waals surface area contributed by atoms with Gasteiger partial charge in [0, 0.05) is 11.6 Å². The van der Waals surface area contributed by atoms with Gasteiger partial charge in [0.2, 0.25) is 5.91 Å². The maximum absolute atomic E-state index is 12.1. The molecular formula is C16H32N2O. The summed E-state index contributed by atoms with van der Waals surface area (Å²) in [5.74, 6) is 0.122. The molecule has 1 atom stereocenters. The van der Waals surface area contributed by atoms with E-state index >= 15 is 0 Å². The quantitative estimate of drug-likeness (QED) is 0.803. The molecule has 1 amide bonds. The lowest BCUT2D eigenvalue weighted by Crippen LogP contribution is -2.53. The molecule has 3 heteroatoms. The van der Waals surface area contributed by atoms with Crippen LogP contribution in [-0.2, 0) is 4.79 Å². The van der Waals surface area contributed by atoms with Gasteiger partial charge in [-0.25, -0.2) is 0 Å².